The van der Waals surface area contributed by atoms with Crippen molar-refractivity contribution in [2.75, 3.05) is 18.5 Å². The molecular formula is C25H31FN4O5. The lowest BCUT2D eigenvalue weighted by atomic mass is 10.1. The van der Waals surface area contributed by atoms with Gasteiger partial charge in [-0.3, -0.25) is 4.79 Å². The first-order valence-corrected chi connectivity index (χ1v) is 11.5. The summed E-state index contributed by atoms with van der Waals surface area (Å²) in [6.45, 7) is 9.53. The van der Waals surface area contributed by atoms with Crippen LogP contribution >= 0.6 is 0 Å². The number of esters is 2. The maximum absolute atomic E-state index is 14.1. The Kier molecular flexibility index (Phi) is 8.26. The Bertz CT molecular complexity index is 1190. The number of anilines is 1. The number of halogens is 1. The van der Waals surface area contributed by atoms with Crippen molar-refractivity contribution in [2.45, 2.75) is 59.1 Å². The highest BCUT2D eigenvalue weighted by atomic mass is 19.1. The van der Waals surface area contributed by atoms with E-state index in [9.17, 15) is 14.0 Å². The lowest BCUT2D eigenvalue weighted by Crippen LogP contribution is -2.24. The number of fused-ring (bicyclic) bond motifs is 1. The summed E-state index contributed by atoms with van der Waals surface area (Å²) in [6, 6.07) is 5.59. The van der Waals surface area contributed by atoms with Gasteiger partial charge < -0.3 is 19.5 Å². The normalized spacial score (nSPS) is 12.3. The number of nitrogens with one attached hydrogen (secondary N) is 1. The van der Waals surface area contributed by atoms with Crippen molar-refractivity contribution >= 4 is 23.4 Å². The van der Waals surface area contributed by atoms with Gasteiger partial charge in [0, 0.05) is 18.2 Å². The Morgan fingerprint density at radius 3 is 2.71 bits per heavy atom. The highest BCUT2D eigenvalue weighted by molar-refractivity contribution is 5.95. The number of carbonyl (C=O) groups excluding carboxylic acids is 2. The largest absolute Gasteiger partial charge is 0.493 e. The average molecular weight is 487 g/mol. The van der Waals surface area contributed by atoms with Crippen molar-refractivity contribution in [3.8, 4) is 5.75 Å². The quantitative estimate of drug-likeness (QED) is 0.324. The third-order valence-electron chi connectivity index (χ3n) is 4.87. The monoisotopic (exact) mass is 486 g/mol. The third-order valence-corrected chi connectivity index (χ3v) is 4.87. The molecule has 3 aromatic rings. The fourth-order valence-corrected chi connectivity index (χ4v) is 3.38. The Balaban J connectivity index is 1.69. The van der Waals surface area contributed by atoms with Crippen molar-refractivity contribution in [3.05, 3.63) is 53.6 Å². The molecule has 2 heterocycles. The second-order valence-corrected chi connectivity index (χ2v) is 8.95. The van der Waals surface area contributed by atoms with Crippen LogP contribution in [0, 0.1) is 5.82 Å². The third kappa shape index (κ3) is 7.14. The summed E-state index contributed by atoms with van der Waals surface area (Å²) in [7, 11) is 0. The molecule has 1 aromatic carbocycles. The number of ether oxygens (including phenoxy) is 3. The summed E-state index contributed by atoms with van der Waals surface area (Å²) in [4.78, 5) is 28.5. The molecule has 9 nitrogen and oxygen atoms in total. The molecule has 35 heavy (non-hydrogen) atoms. The molecule has 1 atom stereocenters. The van der Waals surface area contributed by atoms with Gasteiger partial charge in [-0.25, -0.2) is 18.7 Å². The summed E-state index contributed by atoms with van der Waals surface area (Å²) in [5, 5.41) is 7.34. The van der Waals surface area contributed by atoms with Crippen LogP contribution in [-0.4, -0.2) is 45.4 Å². The molecule has 0 saturated carbocycles. The molecular weight excluding hydrogens is 455 g/mol. The molecule has 188 valence electrons. The number of hydrogen-bond donors (Lipinski definition) is 1. The van der Waals surface area contributed by atoms with E-state index >= 15 is 0 Å². The molecule has 10 heteroatoms. The van der Waals surface area contributed by atoms with Crippen LogP contribution < -0.4 is 10.1 Å². The van der Waals surface area contributed by atoms with Gasteiger partial charge in [-0.05, 0) is 65.3 Å². The average Bonchev–Trinajstić information content (AvgIpc) is 3.20. The molecule has 2 aromatic heterocycles. The zero-order valence-corrected chi connectivity index (χ0v) is 20.6. The van der Waals surface area contributed by atoms with Crippen LogP contribution in [0.4, 0.5) is 10.2 Å². The number of carbonyl (C=O) groups is 2. The molecule has 0 aliphatic carbocycles. The molecule has 0 saturated heterocycles. The van der Waals surface area contributed by atoms with Gasteiger partial charge in [-0.1, -0.05) is 0 Å². The van der Waals surface area contributed by atoms with Crippen molar-refractivity contribution in [2.24, 2.45) is 0 Å². The summed E-state index contributed by atoms with van der Waals surface area (Å²) < 4.78 is 31.7. The number of aromatic nitrogens is 3. The number of benzene rings is 1. The Morgan fingerprint density at radius 2 is 2.00 bits per heavy atom. The van der Waals surface area contributed by atoms with Crippen LogP contribution in [0.2, 0.25) is 0 Å². The highest BCUT2D eigenvalue weighted by Gasteiger charge is 2.19. The Labute approximate surface area is 203 Å². The van der Waals surface area contributed by atoms with Crippen LogP contribution in [0.25, 0.3) is 5.65 Å². The summed E-state index contributed by atoms with van der Waals surface area (Å²) in [5.74, 6) is -0.241. The first-order chi connectivity index (χ1) is 16.6. The van der Waals surface area contributed by atoms with Gasteiger partial charge in [-0.15, -0.1) is 0 Å². The number of rotatable bonds is 10. The molecule has 0 radical (unpaired) electrons. The van der Waals surface area contributed by atoms with Gasteiger partial charge in [0.2, 0.25) is 0 Å². The van der Waals surface area contributed by atoms with Crippen LogP contribution in [-0.2, 0) is 14.3 Å². The van der Waals surface area contributed by atoms with E-state index in [1.54, 1.807) is 25.3 Å². The van der Waals surface area contributed by atoms with Crippen LogP contribution in [0.15, 0.2) is 36.7 Å². The number of nitrogens with zero attached hydrogens (tertiary/aromatic N) is 3. The summed E-state index contributed by atoms with van der Waals surface area (Å²) >= 11 is 0. The zero-order valence-electron chi connectivity index (χ0n) is 20.6. The second kappa shape index (κ2) is 11.2. The summed E-state index contributed by atoms with van der Waals surface area (Å²) in [6.07, 6.45) is 3.76. The van der Waals surface area contributed by atoms with Gasteiger partial charge in [0.1, 0.15) is 28.5 Å². The predicted octanol–water partition coefficient (Wildman–Crippen LogP) is 4.72. The molecule has 0 amide bonds. The first-order valence-electron chi connectivity index (χ1n) is 11.5. The maximum atomic E-state index is 14.1. The van der Waals surface area contributed by atoms with Crippen molar-refractivity contribution in [3.63, 3.8) is 0 Å². The molecule has 3 rings (SSSR count). The lowest BCUT2D eigenvalue weighted by molar-refractivity contribution is -0.155. The molecule has 0 aliphatic heterocycles. The smallest absolute Gasteiger partial charge is 0.343 e. The molecule has 0 spiro atoms. The minimum atomic E-state index is -0.534. The Morgan fingerprint density at radius 1 is 1.23 bits per heavy atom. The lowest BCUT2D eigenvalue weighted by Gasteiger charge is -2.20. The molecule has 0 fully saturated rings. The van der Waals surface area contributed by atoms with E-state index in [1.807, 2.05) is 27.7 Å². The van der Waals surface area contributed by atoms with E-state index in [2.05, 4.69) is 15.4 Å². The van der Waals surface area contributed by atoms with Crippen molar-refractivity contribution < 1.29 is 28.2 Å². The summed E-state index contributed by atoms with van der Waals surface area (Å²) in [5.41, 5.74) is 0.651. The van der Waals surface area contributed by atoms with Crippen molar-refractivity contribution in [1.82, 2.24) is 14.6 Å². The van der Waals surface area contributed by atoms with Gasteiger partial charge in [0.25, 0.3) is 0 Å². The van der Waals surface area contributed by atoms with Gasteiger partial charge in [0.05, 0.1) is 25.5 Å². The van der Waals surface area contributed by atoms with Crippen LogP contribution in [0.3, 0.4) is 0 Å². The van der Waals surface area contributed by atoms with Gasteiger partial charge in [-0.2, -0.15) is 5.10 Å². The maximum Gasteiger partial charge on any atom is 0.343 e. The van der Waals surface area contributed by atoms with E-state index in [1.165, 1.54) is 22.8 Å². The van der Waals surface area contributed by atoms with E-state index in [-0.39, 0.29) is 37.2 Å². The molecule has 0 aliphatic rings. The number of hydrogen-bond acceptors (Lipinski definition) is 8. The molecule has 0 unspecified atom stereocenters. The van der Waals surface area contributed by atoms with E-state index in [4.69, 9.17) is 14.2 Å². The van der Waals surface area contributed by atoms with Crippen LogP contribution in [0.5, 0.6) is 5.75 Å². The zero-order chi connectivity index (χ0) is 25.6. The Hall–Kier alpha value is -3.69. The topological polar surface area (TPSA) is 104 Å². The fraction of sp³-hybridized carbons (Fsp3) is 0.440. The van der Waals surface area contributed by atoms with Crippen LogP contribution in [0.1, 0.15) is 69.4 Å². The highest BCUT2D eigenvalue weighted by Crippen LogP contribution is 2.29. The van der Waals surface area contributed by atoms with Gasteiger partial charge >= 0.3 is 11.9 Å². The molecule has 1 N–H and O–H groups in total. The first kappa shape index (κ1) is 25.9. The minimum Gasteiger partial charge on any atom is -0.493 e. The van der Waals surface area contributed by atoms with Crippen molar-refractivity contribution in [1.29, 1.82) is 0 Å². The minimum absolute atomic E-state index is 0.222. The predicted molar refractivity (Wildman–Crippen MR) is 128 cm³/mol. The van der Waals surface area contributed by atoms with E-state index < -0.39 is 17.4 Å². The van der Waals surface area contributed by atoms with Gasteiger partial charge in [0.15, 0.2) is 5.65 Å². The van der Waals surface area contributed by atoms with E-state index in [0.29, 0.717) is 29.2 Å². The fourth-order valence-electron chi connectivity index (χ4n) is 3.38. The standard InChI is InChI=1S/C25H31FN4O5/c1-6-33-24(32)19-15-27-30-12-11-21(29-23(19)30)28-16(2)18-14-17(26)9-10-20(18)34-13-7-8-22(31)35-25(3,4)5/h9-12,14-16H,6-8,13H2,1-5H3,(H,28,29)/t16-/m1/s1. The SMILES string of the molecule is CCOC(=O)c1cnn2ccc(N[C@H](C)c3cc(F)ccc3OCCCC(=O)OC(C)(C)C)nc12. The molecule has 0 bridgehead atoms. The van der Waals surface area contributed by atoms with E-state index in [0.717, 1.165) is 0 Å². The second-order valence-electron chi connectivity index (χ2n) is 8.95.